The SMILES string of the molecule is O=C(O)C1CCCCN1CCS(=O)(=O)c1ccc(Br)cc1. The molecule has 0 aromatic heterocycles. The lowest BCUT2D eigenvalue weighted by Crippen LogP contribution is -2.46. The predicted octanol–water partition coefficient (Wildman–Crippen LogP) is 2.16. The molecule has 116 valence electrons. The molecule has 0 amide bonds. The summed E-state index contributed by atoms with van der Waals surface area (Å²) in [5.74, 6) is -0.922. The number of nitrogens with zero attached hydrogens (tertiary/aromatic N) is 1. The number of halogens is 1. The third-order valence-electron chi connectivity index (χ3n) is 3.72. The summed E-state index contributed by atoms with van der Waals surface area (Å²) in [4.78, 5) is 13.2. The van der Waals surface area contributed by atoms with Gasteiger partial charge in [-0.3, -0.25) is 9.69 Å². The highest BCUT2D eigenvalue weighted by Crippen LogP contribution is 2.19. The van der Waals surface area contributed by atoms with E-state index in [0.29, 0.717) is 13.0 Å². The summed E-state index contributed by atoms with van der Waals surface area (Å²) in [6, 6.07) is 5.94. The largest absolute Gasteiger partial charge is 0.480 e. The lowest BCUT2D eigenvalue weighted by Gasteiger charge is -2.32. The van der Waals surface area contributed by atoms with E-state index in [1.165, 1.54) is 0 Å². The standard InChI is InChI=1S/C14H18BrNO4S/c15-11-4-6-12(7-5-11)21(19,20)10-9-16-8-2-1-3-13(16)14(17)18/h4-7,13H,1-3,8-10H2,(H,17,18). The molecule has 5 nitrogen and oxygen atoms in total. The van der Waals surface area contributed by atoms with E-state index in [9.17, 15) is 18.3 Å². The molecule has 0 radical (unpaired) electrons. The van der Waals surface area contributed by atoms with Crippen molar-refractivity contribution in [3.05, 3.63) is 28.7 Å². The van der Waals surface area contributed by atoms with Crippen molar-refractivity contribution in [2.24, 2.45) is 0 Å². The number of rotatable bonds is 5. The molecule has 1 atom stereocenters. The smallest absolute Gasteiger partial charge is 0.320 e. The number of carboxylic acid groups (broad SMARTS) is 1. The van der Waals surface area contributed by atoms with Gasteiger partial charge in [0.25, 0.3) is 0 Å². The van der Waals surface area contributed by atoms with Gasteiger partial charge in [0.2, 0.25) is 0 Å². The molecule has 1 aliphatic heterocycles. The van der Waals surface area contributed by atoms with Crippen molar-refractivity contribution in [1.29, 1.82) is 0 Å². The van der Waals surface area contributed by atoms with Gasteiger partial charge in [-0.2, -0.15) is 0 Å². The summed E-state index contributed by atoms with van der Waals surface area (Å²) in [5.41, 5.74) is 0. The topological polar surface area (TPSA) is 74.7 Å². The van der Waals surface area contributed by atoms with Crippen molar-refractivity contribution in [1.82, 2.24) is 4.90 Å². The molecule has 1 aliphatic rings. The van der Waals surface area contributed by atoms with Crippen LogP contribution in [0.5, 0.6) is 0 Å². The highest BCUT2D eigenvalue weighted by atomic mass is 79.9. The Morgan fingerprint density at radius 2 is 1.95 bits per heavy atom. The first kappa shape index (κ1) is 16.5. The molecule has 1 unspecified atom stereocenters. The fourth-order valence-electron chi connectivity index (χ4n) is 2.54. The van der Waals surface area contributed by atoms with Gasteiger partial charge in [0.15, 0.2) is 9.84 Å². The van der Waals surface area contributed by atoms with Gasteiger partial charge >= 0.3 is 5.97 Å². The van der Waals surface area contributed by atoms with Crippen molar-refractivity contribution in [2.45, 2.75) is 30.2 Å². The first-order chi connectivity index (χ1) is 9.90. The average molecular weight is 376 g/mol. The molecule has 1 fully saturated rings. The minimum absolute atomic E-state index is 0.0571. The number of carbonyl (C=O) groups is 1. The van der Waals surface area contributed by atoms with Crippen LogP contribution in [0.2, 0.25) is 0 Å². The highest BCUT2D eigenvalue weighted by molar-refractivity contribution is 9.10. The van der Waals surface area contributed by atoms with E-state index in [2.05, 4.69) is 15.9 Å². The number of carboxylic acids is 1. The number of hydrogen-bond acceptors (Lipinski definition) is 4. The predicted molar refractivity (Wildman–Crippen MR) is 83.0 cm³/mol. The average Bonchev–Trinajstić information content (AvgIpc) is 2.46. The third-order valence-corrected chi connectivity index (χ3v) is 5.96. The number of hydrogen-bond donors (Lipinski definition) is 1. The summed E-state index contributed by atoms with van der Waals surface area (Å²) in [6.07, 6.45) is 2.39. The first-order valence-corrected chi connectivity index (χ1v) is 9.30. The zero-order chi connectivity index (χ0) is 15.5. The fraction of sp³-hybridized carbons (Fsp3) is 0.500. The van der Waals surface area contributed by atoms with E-state index in [-0.39, 0.29) is 17.2 Å². The molecule has 0 aliphatic carbocycles. The lowest BCUT2D eigenvalue weighted by atomic mass is 10.0. The maximum Gasteiger partial charge on any atom is 0.320 e. The van der Waals surface area contributed by atoms with Crippen molar-refractivity contribution >= 4 is 31.7 Å². The summed E-state index contributed by atoms with van der Waals surface area (Å²) in [6.45, 7) is 0.905. The zero-order valence-corrected chi connectivity index (χ0v) is 13.9. The molecule has 1 aromatic rings. The second-order valence-electron chi connectivity index (χ2n) is 5.16. The van der Waals surface area contributed by atoms with Gasteiger partial charge in [0, 0.05) is 11.0 Å². The molecular weight excluding hydrogens is 358 g/mol. The van der Waals surface area contributed by atoms with Crippen LogP contribution in [-0.4, -0.2) is 49.3 Å². The Morgan fingerprint density at radius 1 is 1.29 bits per heavy atom. The number of benzene rings is 1. The van der Waals surface area contributed by atoms with Crippen LogP contribution in [0.25, 0.3) is 0 Å². The van der Waals surface area contributed by atoms with Gasteiger partial charge < -0.3 is 5.11 Å². The molecular formula is C14H18BrNO4S. The van der Waals surface area contributed by atoms with E-state index >= 15 is 0 Å². The van der Waals surface area contributed by atoms with Crippen LogP contribution in [0.3, 0.4) is 0 Å². The Labute approximate surface area is 133 Å². The van der Waals surface area contributed by atoms with Crippen molar-refractivity contribution in [2.75, 3.05) is 18.8 Å². The van der Waals surface area contributed by atoms with Crippen LogP contribution >= 0.6 is 15.9 Å². The van der Waals surface area contributed by atoms with E-state index in [1.54, 1.807) is 29.2 Å². The van der Waals surface area contributed by atoms with Crippen molar-refractivity contribution in [3.63, 3.8) is 0 Å². The maximum absolute atomic E-state index is 12.3. The van der Waals surface area contributed by atoms with Crippen molar-refractivity contribution < 1.29 is 18.3 Å². The van der Waals surface area contributed by atoms with Crippen LogP contribution in [0.15, 0.2) is 33.6 Å². The molecule has 2 rings (SSSR count). The molecule has 1 saturated heterocycles. The quantitative estimate of drug-likeness (QED) is 0.853. The van der Waals surface area contributed by atoms with Crippen LogP contribution in [0, 0.1) is 0 Å². The first-order valence-electron chi connectivity index (χ1n) is 6.85. The second-order valence-corrected chi connectivity index (χ2v) is 8.18. The minimum atomic E-state index is -3.38. The van der Waals surface area contributed by atoms with E-state index in [4.69, 9.17) is 0 Å². The van der Waals surface area contributed by atoms with Crippen molar-refractivity contribution in [3.8, 4) is 0 Å². The van der Waals surface area contributed by atoms with Crippen LogP contribution in [0.4, 0.5) is 0 Å². The Bertz CT molecular complexity index is 600. The molecule has 1 aromatic carbocycles. The van der Waals surface area contributed by atoms with Gasteiger partial charge in [0.1, 0.15) is 6.04 Å². The van der Waals surface area contributed by atoms with Gasteiger partial charge in [-0.15, -0.1) is 0 Å². The fourth-order valence-corrected chi connectivity index (χ4v) is 4.06. The monoisotopic (exact) mass is 375 g/mol. The Kier molecular flexibility index (Phi) is 5.40. The number of sulfone groups is 1. The summed E-state index contributed by atoms with van der Waals surface area (Å²) < 4.78 is 25.4. The maximum atomic E-state index is 12.3. The number of aliphatic carboxylic acids is 1. The summed E-state index contributed by atoms with van der Waals surface area (Å²) >= 11 is 3.27. The lowest BCUT2D eigenvalue weighted by molar-refractivity contribution is -0.144. The van der Waals surface area contributed by atoms with E-state index in [1.807, 2.05) is 0 Å². The third kappa shape index (κ3) is 4.28. The normalized spacial score (nSPS) is 20.3. The Morgan fingerprint density at radius 3 is 2.57 bits per heavy atom. The molecule has 0 bridgehead atoms. The van der Waals surface area contributed by atoms with Gasteiger partial charge in [0.05, 0.1) is 10.6 Å². The van der Waals surface area contributed by atoms with Gasteiger partial charge in [-0.1, -0.05) is 22.4 Å². The van der Waals surface area contributed by atoms with Crippen LogP contribution < -0.4 is 0 Å². The Balaban J connectivity index is 2.03. The number of likely N-dealkylation sites (tertiary alicyclic amines) is 1. The summed E-state index contributed by atoms with van der Waals surface area (Å²) in [7, 11) is -3.38. The number of piperidine rings is 1. The molecule has 0 saturated carbocycles. The molecule has 21 heavy (non-hydrogen) atoms. The summed E-state index contributed by atoms with van der Waals surface area (Å²) in [5, 5.41) is 9.19. The molecule has 0 spiro atoms. The zero-order valence-electron chi connectivity index (χ0n) is 11.5. The Hall–Kier alpha value is -0.920. The second kappa shape index (κ2) is 6.89. The highest BCUT2D eigenvalue weighted by Gasteiger charge is 2.29. The van der Waals surface area contributed by atoms with Crippen LogP contribution in [-0.2, 0) is 14.6 Å². The minimum Gasteiger partial charge on any atom is -0.480 e. The van der Waals surface area contributed by atoms with E-state index < -0.39 is 21.8 Å². The van der Waals surface area contributed by atoms with Crippen LogP contribution in [0.1, 0.15) is 19.3 Å². The van der Waals surface area contributed by atoms with Gasteiger partial charge in [-0.05, 0) is 43.7 Å². The van der Waals surface area contributed by atoms with Gasteiger partial charge in [-0.25, -0.2) is 8.42 Å². The molecule has 7 heteroatoms. The molecule has 1 N–H and O–H groups in total. The van der Waals surface area contributed by atoms with E-state index in [0.717, 1.165) is 17.3 Å². The molecule has 1 heterocycles.